The summed E-state index contributed by atoms with van der Waals surface area (Å²) in [6.07, 6.45) is 6.14. The molecule has 2 unspecified atom stereocenters. The summed E-state index contributed by atoms with van der Waals surface area (Å²) in [5.41, 5.74) is 0. The Balaban J connectivity index is 1.40. The second-order valence-corrected chi connectivity index (χ2v) is 5.62. The zero-order chi connectivity index (χ0) is 14.2. The Bertz CT molecular complexity index is 616. The number of fused-ring (bicyclic) bond motifs is 2. The van der Waals surface area contributed by atoms with Crippen LogP contribution in [0.25, 0.3) is 0 Å². The minimum absolute atomic E-state index is 0.225. The number of rotatable bonds is 4. The molecule has 6 nitrogen and oxygen atoms in total. The average molecular weight is 288 g/mol. The lowest BCUT2D eigenvalue weighted by molar-refractivity contribution is 0.221. The van der Waals surface area contributed by atoms with Gasteiger partial charge in [-0.25, -0.2) is 9.37 Å². The lowest BCUT2D eigenvalue weighted by atomic mass is 10.2. The summed E-state index contributed by atoms with van der Waals surface area (Å²) < 4.78 is 13.9. The second kappa shape index (κ2) is 5.07. The largest absolute Gasteiger partial charge is 0.348 e. The summed E-state index contributed by atoms with van der Waals surface area (Å²) in [4.78, 5) is 10.5. The summed E-state index contributed by atoms with van der Waals surface area (Å²) in [5.74, 6) is 0.274. The molecule has 0 aromatic carbocycles. The molecule has 4 heterocycles. The third kappa shape index (κ3) is 2.27. The van der Waals surface area contributed by atoms with Crippen LogP contribution in [0.15, 0.2) is 30.7 Å². The van der Waals surface area contributed by atoms with E-state index < -0.39 is 0 Å². The monoisotopic (exact) mass is 288 g/mol. The minimum atomic E-state index is -0.225. The third-order valence-corrected chi connectivity index (χ3v) is 4.42. The van der Waals surface area contributed by atoms with Gasteiger partial charge in [-0.2, -0.15) is 15.0 Å². The highest BCUT2D eigenvalue weighted by Crippen LogP contribution is 2.34. The van der Waals surface area contributed by atoms with Gasteiger partial charge in [0.05, 0.1) is 18.9 Å². The summed E-state index contributed by atoms with van der Waals surface area (Å²) in [6.45, 7) is 3.55. The number of anilines is 1. The Morgan fingerprint density at radius 2 is 1.95 bits per heavy atom. The first kappa shape index (κ1) is 12.7. The number of pyridine rings is 1. The van der Waals surface area contributed by atoms with Crippen molar-refractivity contribution in [2.24, 2.45) is 0 Å². The van der Waals surface area contributed by atoms with Crippen LogP contribution in [0.3, 0.4) is 0 Å². The van der Waals surface area contributed by atoms with E-state index in [1.807, 2.05) is 0 Å². The topological polar surface area (TPSA) is 50.1 Å². The standard InChI is InChI=1S/C14H17FN6/c15-13-2-1-3-16-14(13)20-10-11-8-12(20)9-19(11)6-7-21-17-4-5-18-21/h1-5,11-12H,6-10H2. The third-order valence-electron chi connectivity index (χ3n) is 4.42. The summed E-state index contributed by atoms with van der Waals surface area (Å²) in [7, 11) is 0. The van der Waals surface area contributed by atoms with Crippen LogP contribution in [0.5, 0.6) is 0 Å². The summed E-state index contributed by atoms with van der Waals surface area (Å²) >= 11 is 0. The van der Waals surface area contributed by atoms with Crippen LogP contribution in [0, 0.1) is 5.82 Å². The molecule has 2 aromatic rings. The first-order valence-corrected chi connectivity index (χ1v) is 7.26. The minimum Gasteiger partial charge on any atom is -0.348 e. The Hall–Kier alpha value is -2.02. The van der Waals surface area contributed by atoms with E-state index >= 15 is 0 Å². The van der Waals surface area contributed by atoms with Crippen molar-refractivity contribution in [2.75, 3.05) is 24.5 Å². The molecule has 0 N–H and O–H groups in total. The fourth-order valence-corrected chi connectivity index (χ4v) is 3.45. The van der Waals surface area contributed by atoms with Crippen molar-refractivity contribution >= 4 is 5.82 Å². The van der Waals surface area contributed by atoms with Gasteiger partial charge in [0.15, 0.2) is 11.6 Å². The van der Waals surface area contributed by atoms with Crippen LogP contribution in [0.2, 0.25) is 0 Å². The van der Waals surface area contributed by atoms with Gasteiger partial charge in [-0.05, 0) is 18.6 Å². The van der Waals surface area contributed by atoms with Crippen molar-refractivity contribution in [1.29, 1.82) is 0 Å². The van der Waals surface area contributed by atoms with Gasteiger partial charge in [-0.1, -0.05) is 0 Å². The van der Waals surface area contributed by atoms with Crippen molar-refractivity contribution in [2.45, 2.75) is 25.0 Å². The van der Waals surface area contributed by atoms with Crippen LogP contribution in [0.4, 0.5) is 10.2 Å². The number of likely N-dealkylation sites (tertiary alicyclic amines) is 1. The van der Waals surface area contributed by atoms with Gasteiger partial charge in [0.2, 0.25) is 0 Å². The average Bonchev–Trinajstić information content (AvgIpc) is 3.22. The van der Waals surface area contributed by atoms with Crippen LogP contribution in [0.1, 0.15) is 6.42 Å². The smallest absolute Gasteiger partial charge is 0.165 e. The molecule has 4 rings (SSSR count). The van der Waals surface area contributed by atoms with Gasteiger partial charge in [0, 0.05) is 37.9 Å². The first-order chi connectivity index (χ1) is 10.3. The maximum atomic E-state index is 13.9. The van der Waals surface area contributed by atoms with E-state index in [-0.39, 0.29) is 5.82 Å². The zero-order valence-corrected chi connectivity index (χ0v) is 11.6. The molecule has 110 valence electrons. The lowest BCUT2D eigenvalue weighted by Gasteiger charge is -2.34. The summed E-state index contributed by atoms with van der Waals surface area (Å²) in [5, 5.41) is 8.24. The fourth-order valence-electron chi connectivity index (χ4n) is 3.45. The SMILES string of the molecule is Fc1cccnc1N1CC2CC1CN2CCn1nccn1. The van der Waals surface area contributed by atoms with Crippen LogP contribution in [-0.2, 0) is 6.54 Å². The number of piperazine rings is 1. The molecule has 0 spiro atoms. The van der Waals surface area contributed by atoms with Crippen LogP contribution < -0.4 is 4.90 Å². The molecular formula is C14H17FN6. The van der Waals surface area contributed by atoms with Crippen LogP contribution >= 0.6 is 0 Å². The van der Waals surface area contributed by atoms with Crippen molar-refractivity contribution in [3.8, 4) is 0 Å². The Morgan fingerprint density at radius 1 is 1.10 bits per heavy atom. The molecule has 2 aliphatic heterocycles. The molecule has 2 aliphatic rings. The number of hydrogen-bond donors (Lipinski definition) is 0. The van der Waals surface area contributed by atoms with Gasteiger partial charge in [-0.15, -0.1) is 0 Å². The maximum absolute atomic E-state index is 13.9. The molecular weight excluding hydrogens is 271 g/mol. The van der Waals surface area contributed by atoms with E-state index in [4.69, 9.17) is 0 Å². The Kier molecular flexibility index (Phi) is 3.07. The Morgan fingerprint density at radius 3 is 2.67 bits per heavy atom. The highest BCUT2D eigenvalue weighted by molar-refractivity contribution is 5.44. The van der Waals surface area contributed by atoms with Crippen molar-refractivity contribution < 1.29 is 4.39 Å². The van der Waals surface area contributed by atoms with Gasteiger partial charge in [0.1, 0.15) is 0 Å². The lowest BCUT2D eigenvalue weighted by Crippen LogP contribution is -2.47. The molecule has 2 fully saturated rings. The summed E-state index contributed by atoms with van der Waals surface area (Å²) in [6, 6.07) is 3.96. The van der Waals surface area contributed by atoms with Crippen LogP contribution in [-0.4, -0.2) is 56.6 Å². The van der Waals surface area contributed by atoms with E-state index in [9.17, 15) is 4.39 Å². The highest BCUT2D eigenvalue weighted by atomic mass is 19.1. The molecule has 2 bridgehead atoms. The molecule has 0 amide bonds. The molecule has 2 atom stereocenters. The van der Waals surface area contributed by atoms with Gasteiger partial charge in [-0.3, -0.25) is 4.90 Å². The Labute approximate surface area is 122 Å². The van der Waals surface area contributed by atoms with E-state index in [2.05, 4.69) is 25.0 Å². The fraction of sp³-hybridized carbons (Fsp3) is 0.500. The zero-order valence-electron chi connectivity index (χ0n) is 11.6. The van der Waals surface area contributed by atoms with Gasteiger partial charge >= 0.3 is 0 Å². The molecule has 0 saturated carbocycles. The number of hydrogen-bond acceptors (Lipinski definition) is 5. The molecule has 7 heteroatoms. The quantitative estimate of drug-likeness (QED) is 0.832. The highest BCUT2D eigenvalue weighted by Gasteiger charge is 2.44. The molecule has 0 aliphatic carbocycles. The maximum Gasteiger partial charge on any atom is 0.165 e. The second-order valence-electron chi connectivity index (χ2n) is 5.62. The normalized spacial score (nSPS) is 24.9. The predicted molar refractivity (Wildman–Crippen MR) is 75.3 cm³/mol. The van der Waals surface area contributed by atoms with Gasteiger partial charge in [0.25, 0.3) is 0 Å². The van der Waals surface area contributed by atoms with E-state index in [0.717, 1.165) is 32.6 Å². The molecule has 2 aromatic heterocycles. The molecule has 2 saturated heterocycles. The number of halogens is 1. The van der Waals surface area contributed by atoms with E-state index in [1.54, 1.807) is 29.5 Å². The molecule has 21 heavy (non-hydrogen) atoms. The van der Waals surface area contributed by atoms with Crippen molar-refractivity contribution in [3.05, 3.63) is 36.5 Å². The van der Waals surface area contributed by atoms with Gasteiger partial charge < -0.3 is 4.90 Å². The van der Waals surface area contributed by atoms with Crippen molar-refractivity contribution in [1.82, 2.24) is 24.9 Å². The van der Waals surface area contributed by atoms with E-state index in [0.29, 0.717) is 17.9 Å². The van der Waals surface area contributed by atoms with Crippen molar-refractivity contribution in [3.63, 3.8) is 0 Å². The number of nitrogens with zero attached hydrogens (tertiary/aromatic N) is 6. The van der Waals surface area contributed by atoms with E-state index in [1.165, 1.54) is 6.07 Å². The predicted octanol–water partition coefficient (Wildman–Crippen LogP) is 0.775. The molecule has 0 radical (unpaired) electrons. The first-order valence-electron chi connectivity index (χ1n) is 7.26. The number of aromatic nitrogens is 4.